The van der Waals surface area contributed by atoms with Gasteiger partial charge in [0, 0.05) is 24.4 Å². The molecular weight excluding hydrogens is 343 g/mol. The largest absolute Gasteiger partial charge is 0.482 e. The highest BCUT2D eigenvalue weighted by molar-refractivity contribution is 5.94. The zero-order valence-corrected chi connectivity index (χ0v) is 14.0. The molecule has 0 aliphatic rings. The molecule has 2 amide bonds. The minimum Gasteiger partial charge on any atom is -0.482 e. The van der Waals surface area contributed by atoms with E-state index < -0.39 is 30.9 Å². The van der Waals surface area contributed by atoms with Crippen LogP contribution in [0, 0.1) is 5.82 Å². The van der Waals surface area contributed by atoms with Crippen LogP contribution in [0.25, 0.3) is 0 Å². The highest BCUT2D eigenvalue weighted by atomic mass is 19.1. The van der Waals surface area contributed by atoms with Crippen LogP contribution >= 0.6 is 0 Å². The second kappa shape index (κ2) is 9.16. The molecule has 7 nitrogen and oxygen atoms in total. The van der Waals surface area contributed by atoms with Gasteiger partial charge < -0.3 is 20.1 Å². The molecule has 0 atom stereocenters. The Morgan fingerprint density at radius 1 is 0.962 bits per heavy atom. The van der Waals surface area contributed by atoms with Crippen LogP contribution in [0.4, 0.5) is 15.8 Å². The van der Waals surface area contributed by atoms with Crippen molar-refractivity contribution in [3.05, 3.63) is 54.3 Å². The van der Waals surface area contributed by atoms with Gasteiger partial charge in [-0.3, -0.25) is 9.59 Å². The first kappa shape index (κ1) is 18.9. The van der Waals surface area contributed by atoms with Gasteiger partial charge in [-0.2, -0.15) is 0 Å². The Balaban J connectivity index is 1.76. The number of carbonyl (C=O) groups is 3. The van der Waals surface area contributed by atoms with Crippen LogP contribution in [-0.2, 0) is 19.1 Å². The van der Waals surface area contributed by atoms with Crippen LogP contribution in [0.3, 0.4) is 0 Å². The molecule has 0 aromatic heterocycles. The third-order valence-electron chi connectivity index (χ3n) is 2.98. The van der Waals surface area contributed by atoms with E-state index in [9.17, 15) is 18.8 Å². The Hall–Kier alpha value is -3.42. The van der Waals surface area contributed by atoms with Gasteiger partial charge in [0.25, 0.3) is 5.91 Å². The second-order valence-corrected chi connectivity index (χ2v) is 5.22. The molecule has 0 bridgehead atoms. The van der Waals surface area contributed by atoms with Gasteiger partial charge in [0.15, 0.2) is 13.2 Å². The van der Waals surface area contributed by atoms with E-state index in [1.54, 1.807) is 24.3 Å². The molecule has 0 saturated heterocycles. The molecule has 2 aromatic rings. The molecule has 8 heteroatoms. The predicted octanol–water partition coefficient (Wildman–Crippen LogP) is 2.34. The van der Waals surface area contributed by atoms with Gasteiger partial charge >= 0.3 is 5.97 Å². The maximum Gasteiger partial charge on any atom is 0.344 e. The number of hydrogen-bond donors (Lipinski definition) is 2. The van der Waals surface area contributed by atoms with Crippen LogP contribution in [0.5, 0.6) is 5.75 Å². The first-order valence-corrected chi connectivity index (χ1v) is 7.64. The van der Waals surface area contributed by atoms with Crippen molar-refractivity contribution in [2.75, 3.05) is 23.8 Å². The monoisotopic (exact) mass is 360 g/mol. The lowest BCUT2D eigenvalue weighted by Crippen LogP contribution is -2.23. The van der Waals surface area contributed by atoms with Crippen LogP contribution in [0.15, 0.2) is 48.5 Å². The van der Waals surface area contributed by atoms with Crippen molar-refractivity contribution in [2.45, 2.75) is 6.92 Å². The third-order valence-corrected chi connectivity index (χ3v) is 2.98. The van der Waals surface area contributed by atoms with Crippen LogP contribution in [0.2, 0.25) is 0 Å². The van der Waals surface area contributed by atoms with Gasteiger partial charge in [0.2, 0.25) is 5.91 Å². The minimum atomic E-state index is -0.767. The first-order valence-electron chi connectivity index (χ1n) is 7.64. The Kier molecular flexibility index (Phi) is 6.67. The maximum atomic E-state index is 13.0. The number of hydrogen-bond acceptors (Lipinski definition) is 5. The summed E-state index contributed by atoms with van der Waals surface area (Å²) in [7, 11) is 0. The number of anilines is 2. The zero-order chi connectivity index (χ0) is 18.9. The molecule has 0 saturated carbocycles. The van der Waals surface area contributed by atoms with Crippen LogP contribution < -0.4 is 15.4 Å². The van der Waals surface area contributed by atoms with E-state index in [0.29, 0.717) is 11.4 Å². The van der Waals surface area contributed by atoms with Crippen molar-refractivity contribution in [3.8, 4) is 5.75 Å². The Bertz CT molecular complexity index is 810. The number of rotatable bonds is 7. The van der Waals surface area contributed by atoms with E-state index in [4.69, 9.17) is 9.47 Å². The fraction of sp³-hybridized carbons (Fsp3) is 0.167. The standard InChI is InChI=1S/C18H17FN2O5/c1-12(22)20-14-5-3-6-15(9-14)21-17(23)10-26-18(24)11-25-16-7-2-4-13(19)8-16/h2-9H,10-11H2,1H3,(H,20,22)(H,21,23). The summed E-state index contributed by atoms with van der Waals surface area (Å²) in [5.74, 6) is -1.86. The summed E-state index contributed by atoms with van der Waals surface area (Å²) in [5, 5.41) is 5.12. The van der Waals surface area contributed by atoms with Gasteiger partial charge in [-0.25, -0.2) is 9.18 Å². The SMILES string of the molecule is CC(=O)Nc1cccc(NC(=O)COC(=O)COc2cccc(F)c2)c1. The number of benzene rings is 2. The van der Waals surface area contributed by atoms with Gasteiger partial charge in [0.05, 0.1) is 0 Å². The molecule has 136 valence electrons. The molecular formula is C18H17FN2O5. The normalized spacial score (nSPS) is 9.92. The van der Waals surface area contributed by atoms with Crippen molar-refractivity contribution in [1.29, 1.82) is 0 Å². The van der Waals surface area contributed by atoms with Crippen molar-refractivity contribution in [1.82, 2.24) is 0 Å². The average molecular weight is 360 g/mol. The number of halogens is 1. The summed E-state index contributed by atoms with van der Waals surface area (Å²) in [6, 6.07) is 11.8. The fourth-order valence-corrected chi connectivity index (χ4v) is 1.96. The molecule has 0 radical (unpaired) electrons. The molecule has 2 aromatic carbocycles. The Labute approximate surface area is 149 Å². The van der Waals surface area contributed by atoms with E-state index in [2.05, 4.69) is 10.6 Å². The Morgan fingerprint density at radius 3 is 2.35 bits per heavy atom. The minimum absolute atomic E-state index is 0.182. The second-order valence-electron chi connectivity index (χ2n) is 5.22. The molecule has 2 rings (SSSR count). The molecule has 0 spiro atoms. The first-order chi connectivity index (χ1) is 12.4. The van der Waals surface area contributed by atoms with E-state index in [1.807, 2.05) is 0 Å². The lowest BCUT2D eigenvalue weighted by molar-refractivity contribution is -0.149. The summed E-state index contributed by atoms with van der Waals surface area (Å²) in [4.78, 5) is 34.4. The van der Waals surface area contributed by atoms with Crippen molar-refractivity contribution < 1.29 is 28.2 Å². The number of nitrogens with one attached hydrogen (secondary N) is 2. The number of carbonyl (C=O) groups excluding carboxylic acids is 3. The summed E-state index contributed by atoms with van der Waals surface area (Å²) >= 11 is 0. The van der Waals surface area contributed by atoms with Crippen molar-refractivity contribution in [3.63, 3.8) is 0 Å². The maximum absolute atomic E-state index is 13.0. The van der Waals surface area contributed by atoms with E-state index in [1.165, 1.54) is 25.1 Å². The van der Waals surface area contributed by atoms with Gasteiger partial charge in [-0.05, 0) is 30.3 Å². The van der Waals surface area contributed by atoms with E-state index >= 15 is 0 Å². The molecule has 0 aliphatic carbocycles. The van der Waals surface area contributed by atoms with Gasteiger partial charge in [-0.1, -0.05) is 12.1 Å². The topological polar surface area (TPSA) is 93.7 Å². The molecule has 0 aliphatic heterocycles. The third kappa shape index (κ3) is 6.60. The van der Waals surface area contributed by atoms with Crippen LogP contribution in [-0.4, -0.2) is 31.0 Å². The van der Waals surface area contributed by atoms with E-state index in [0.717, 1.165) is 6.07 Å². The highest BCUT2D eigenvalue weighted by Crippen LogP contribution is 2.15. The number of ether oxygens (including phenoxy) is 2. The number of amides is 2. The summed E-state index contributed by atoms with van der Waals surface area (Å²) < 4.78 is 22.8. The molecule has 0 heterocycles. The zero-order valence-electron chi connectivity index (χ0n) is 14.0. The summed E-state index contributed by atoms with van der Waals surface area (Å²) in [6.07, 6.45) is 0. The predicted molar refractivity (Wildman–Crippen MR) is 92.2 cm³/mol. The Morgan fingerprint density at radius 2 is 1.65 bits per heavy atom. The summed E-state index contributed by atoms with van der Waals surface area (Å²) in [6.45, 7) is 0.418. The molecule has 26 heavy (non-hydrogen) atoms. The van der Waals surface area contributed by atoms with Crippen LogP contribution in [0.1, 0.15) is 6.92 Å². The average Bonchev–Trinajstić information content (AvgIpc) is 2.58. The smallest absolute Gasteiger partial charge is 0.344 e. The molecule has 2 N–H and O–H groups in total. The van der Waals surface area contributed by atoms with Gasteiger partial charge in [0.1, 0.15) is 11.6 Å². The highest BCUT2D eigenvalue weighted by Gasteiger charge is 2.09. The summed E-state index contributed by atoms with van der Waals surface area (Å²) in [5.41, 5.74) is 0.962. The van der Waals surface area contributed by atoms with E-state index in [-0.39, 0.29) is 11.7 Å². The van der Waals surface area contributed by atoms with Crippen molar-refractivity contribution in [2.24, 2.45) is 0 Å². The molecule has 0 unspecified atom stereocenters. The quantitative estimate of drug-likeness (QED) is 0.739. The molecule has 0 fully saturated rings. The lowest BCUT2D eigenvalue weighted by atomic mass is 10.2. The van der Waals surface area contributed by atoms with Crippen molar-refractivity contribution >= 4 is 29.2 Å². The lowest BCUT2D eigenvalue weighted by Gasteiger charge is -2.09. The fourth-order valence-electron chi connectivity index (χ4n) is 1.96. The van der Waals surface area contributed by atoms with Gasteiger partial charge in [-0.15, -0.1) is 0 Å². The number of esters is 1.